The molecule has 5 rings (SSSR count). The second kappa shape index (κ2) is 6.74. The number of carbonyl (C=O) groups excluding carboxylic acids is 1. The SMILES string of the molecule is O=C(c1ccc2nccn2c1)N1CC[C@](O)(c2ccccc2)[C@@H]2CCCC[C@@H]21. The average molecular weight is 375 g/mol. The Kier molecular flexibility index (Phi) is 4.20. The standard InChI is InChI=1S/C23H25N3O2/c27-22(17-10-11-21-24-13-15-25(21)16-17)26-14-12-23(28,18-6-2-1-3-7-18)19-8-4-5-9-20(19)26/h1-3,6-7,10-11,13,15-16,19-20,28H,4-5,8-9,12,14H2/t19-,20+,23+/m1/s1. The number of rotatable bonds is 2. The molecule has 1 N–H and O–H groups in total. The van der Waals surface area contributed by atoms with Crippen molar-refractivity contribution < 1.29 is 9.90 Å². The number of nitrogens with zero attached hydrogens (tertiary/aromatic N) is 3. The minimum Gasteiger partial charge on any atom is -0.385 e. The third kappa shape index (κ3) is 2.73. The smallest absolute Gasteiger partial charge is 0.255 e. The number of amides is 1. The van der Waals surface area contributed by atoms with Crippen LogP contribution in [0, 0.1) is 5.92 Å². The van der Waals surface area contributed by atoms with Gasteiger partial charge in [-0.2, -0.15) is 0 Å². The van der Waals surface area contributed by atoms with Gasteiger partial charge >= 0.3 is 0 Å². The second-order valence-electron chi connectivity index (χ2n) is 8.11. The highest BCUT2D eigenvalue weighted by atomic mass is 16.3. The number of carbonyl (C=O) groups is 1. The highest BCUT2D eigenvalue weighted by molar-refractivity contribution is 5.94. The van der Waals surface area contributed by atoms with Gasteiger partial charge in [-0.15, -0.1) is 0 Å². The third-order valence-electron chi connectivity index (χ3n) is 6.65. The van der Waals surface area contributed by atoms with Gasteiger partial charge in [-0.25, -0.2) is 4.98 Å². The number of fused-ring (bicyclic) bond motifs is 2. The first-order valence-corrected chi connectivity index (χ1v) is 10.2. The van der Waals surface area contributed by atoms with Crippen molar-refractivity contribution >= 4 is 11.6 Å². The number of hydrogen-bond donors (Lipinski definition) is 1. The lowest BCUT2D eigenvalue weighted by molar-refractivity contribution is -0.110. The van der Waals surface area contributed by atoms with Gasteiger partial charge in [-0.3, -0.25) is 4.79 Å². The van der Waals surface area contributed by atoms with Crippen molar-refractivity contribution in [3.8, 4) is 0 Å². The Labute approximate surface area is 164 Å². The van der Waals surface area contributed by atoms with E-state index in [2.05, 4.69) is 4.98 Å². The summed E-state index contributed by atoms with van der Waals surface area (Å²) in [6.45, 7) is 0.577. The topological polar surface area (TPSA) is 57.8 Å². The molecule has 5 heteroatoms. The summed E-state index contributed by atoms with van der Waals surface area (Å²) in [5.74, 6) is 0.140. The molecule has 2 fully saturated rings. The van der Waals surface area contributed by atoms with Crippen LogP contribution in [-0.2, 0) is 5.60 Å². The molecule has 0 unspecified atom stereocenters. The molecule has 1 aliphatic heterocycles. The van der Waals surface area contributed by atoms with Crippen molar-refractivity contribution in [1.82, 2.24) is 14.3 Å². The third-order valence-corrected chi connectivity index (χ3v) is 6.65. The average Bonchev–Trinajstić information content (AvgIpc) is 3.22. The minimum absolute atomic E-state index is 0.0580. The zero-order chi connectivity index (χ0) is 19.1. The number of aliphatic hydroxyl groups is 1. The maximum atomic E-state index is 13.4. The van der Waals surface area contributed by atoms with Gasteiger partial charge in [0.25, 0.3) is 5.91 Å². The Balaban J connectivity index is 1.47. The second-order valence-corrected chi connectivity index (χ2v) is 8.11. The van der Waals surface area contributed by atoms with Crippen molar-refractivity contribution in [2.75, 3.05) is 6.54 Å². The highest BCUT2D eigenvalue weighted by Crippen LogP contribution is 2.47. The molecule has 1 amide bonds. The lowest BCUT2D eigenvalue weighted by atomic mass is 9.66. The van der Waals surface area contributed by atoms with E-state index < -0.39 is 5.60 Å². The minimum atomic E-state index is -0.850. The van der Waals surface area contributed by atoms with E-state index in [1.807, 2.05) is 64.2 Å². The Morgan fingerprint density at radius 3 is 2.79 bits per heavy atom. The molecule has 0 spiro atoms. The van der Waals surface area contributed by atoms with Crippen LogP contribution in [0.25, 0.3) is 5.65 Å². The molecule has 3 atom stereocenters. The Bertz CT molecular complexity index is 999. The first-order valence-electron chi connectivity index (χ1n) is 10.2. The van der Waals surface area contributed by atoms with Crippen LogP contribution < -0.4 is 0 Å². The van der Waals surface area contributed by atoms with Crippen LogP contribution in [0.15, 0.2) is 61.1 Å². The van der Waals surface area contributed by atoms with Gasteiger partial charge in [0.05, 0.1) is 11.2 Å². The molecule has 28 heavy (non-hydrogen) atoms. The van der Waals surface area contributed by atoms with E-state index in [9.17, 15) is 9.90 Å². The summed E-state index contributed by atoms with van der Waals surface area (Å²) in [7, 11) is 0. The van der Waals surface area contributed by atoms with E-state index >= 15 is 0 Å². The normalized spacial score (nSPS) is 27.5. The molecule has 2 aromatic heterocycles. The van der Waals surface area contributed by atoms with Crippen LogP contribution in [-0.4, -0.2) is 37.9 Å². The van der Waals surface area contributed by atoms with E-state index in [0.29, 0.717) is 18.5 Å². The molecule has 5 nitrogen and oxygen atoms in total. The molecule has 2 aliphatic rings. The van der Waals surface area contributed by atoms with Crippen LogP contribution in [0.3, 0.4) is 0 Å². The van der Waals surface area contributed by atoms with Crippen molar-refractivity contribution in [2.24, 2.45) is 5.92 Å². The zero-order valence-electron chi connectivity index (χ0n) is 15.9. The van der Waals surface area contributed by atoms with Crippen LogP contribution in [0.5, 0.6) is 0 Å². The van der Waals surface area contributed by atoms with Crippen molar-refractivity contribution in [1.29, 1.82) is 0 Å². The van der Waals surface area contributed by atoms with Crippen LogP contribution in [0.2, 0.25) is 0 Å². The number of imidazole rings is 1. The van der Waals surface area contributed by atoms with E-state index in [0.717, 1.165) is 36.9 Å². The van der Waals surface area contributed by atoms with E-state index in [4.69, 9.17) is 0 Å². The van der Waals surface area contributed by atoms with E-state index in [1.54, 1.807) is 6.20 Å². The summed E-state index contributed by atoms with van der Waals surface area (Å²) in [5, 5.41) is 11.7. The highest BCUT2D eigenvalue weighted by Gasteiger charge is 2.50. The summed E-state index contributed by atoms with van der Waals surface area (Å²) >= 11 is 0. The maximum Gasteiger partial charge on any atom is 0.255 e. The predicted molar refractivity (Wildman–Crippen MR) is 107 cm³/mol. The van der Waals surface area contributed by atoms with Crippen molar-refractivity contribution in [2.45, 2.75) is 43.7 Å². The van der Waals surface area contributed by atoms with Gasteiger partial charge in [0.1, 0.15) is 5.65 Å². The molecule has 0 radical (unpaired) electrons. The summed E-state index contributed by atoms with van der Waals surface area (Å²) in [6.07, 6.45) is 10.2. The van der Waals surface area contributed by atoms with Crippen LogP contribution in [0.4, 0.5) is 0 Å². The van der Waals surface area contributed by atoms with Gasteiger partial charge in [0.2, 0.25) is 0 Å². The fraction of sp³-hybridized carbons (Fsp3) is 0.391. The molecule has 1 saturated heterocycles. The van der Waals surface area contributed by atoms with Gasteiger partial charge in [0, 0.05) is 37.1 Å². The lowest BCUT2D eigenvalue weighted by Crippen LogP contribution is -2.59. The van der Waals surface area contributed by atoms with Crippen LogP contribution in [0.1, 0.15) is 48.0 Å². The fourth-order valence-corrected chi connectivity index (χ4v) is 5.23. The molecule has 1 saturated carbocycles. The largest absolute Gasteiger partial charge is 0.385 e. The molecule has 0 bridgehead atoms. The number of hydrogen-bond acceptors (Lipinski definition) is 3. The van der Waals surface area contributed by atoms with Gasteiger partial charge in [-0.1, -0.05) is 43.2 Å². The Hall–Kier alpha value is -2.66. The molecule has 3 heterocycles. The number of likely N-dealkylation sites (tertiary alicyclic amines) is 1. The molecule has 1 aliphatic carbocycles. The zero-order valence-corrected chi connectivity index (χ0v) is 15.9. The van der Waals surface area contributed by atoms with Gasteiger partial charge in [0.15, 0.2) is 0 Å². The van der Waals surface area contributed by atoms with Crippen molar-refractivity contribution in [3.05, 3.63) is 72.2 Å². The van der Waals surface area contributed by atoms with E-state index in [-0.39, 0.29) is 17.9 Å². The summed E-state index contributed by atoms with van der Waals surface area (Å²) in [5.41, 5.74) is 1.65. The summed E-state index contributed by atoms with van der Waals surface area (Å²) in [4.78, 5) is 19.6. The number of benzene rings is 1. The summed E-state index contributed by atoms with van der Waals surface area (Å²) < 4.78 is 1.88. The molecule has 1 aromatic carbocycles. The van der Waals surface area contributed by atoms with Gasteiger partial charge < -0.3 is 14.4 Å². The monoisotopic (exact) mass is 375 g/mol. The molecular weight excluding hydrogens is 350 g/mol. The molecule has 144 valence electrons. The summed E-state index contributed by atoms with van der Waals surface area (Å²) in [6, 6.07) is 13.8. The van der Waals surface area contributed by atoms with Crippen LogP contribution >= 0.6 is 0 Å². The van der Waals surface area contributed by atoms with Gasteiger partial charge in [-0.05, 0) is 37.0 Å². The molecular formula is C23H25N3O2. The lowest BCUT2D eigenvalue weighted by Gasteiger charge is -2.52. The first-order chi connectivity index (χ1) is 13.7. The van der Waals surface area contributed by atoms with E-state index in [1.165, 1.54) is 0 Å². The number of pyridine rings is 1. The maximum absolute atomic E-state index is 13.4. The number of aromatic nitrogens is 2. The predicted octanol–water partition coefficient (Wildman–Crippen LogP) is 3.63. The quantitative estimate of drug-likeness (QED) is 0.744. The first kappa shape index (κ1) is 17.4. The fourth-order valence-electron chi connectivity index (χ4n) is 5.23. The number of piperidine rings is 1. The van der Waals surface area contributed by atoms with Crippen molar-refractivity contribution in [3.63, 3.8) is 0 Å². The Morgan fingerprint density at radius 2 is 1.93 bits per heavy atom. The Morgan fingerprint density at radius 1 is 1.11 bits per heavy atom. The molecule has 3 aromatic rings.